The molecule has 0 radical (unpaired) electrons. The molecule has 0 unspecified atom stereocenters. The first-order valence-corrected chi connectivity index (χ1v) is 9.68. The monoisotopic (exact) mass is 424 g/mol. The number of hydrogen-bond donors (Lipinski definition) is 1. The van der Waals surface area contributed by atoms with Gasteiger partial charge in [-0.05, 0) is 32.8 Å². The lowest BCUT2D eigenvalue weighted by molar-refractivity contribution is -0.143. The molecule has 30 heavy (non-hydrogen) atoms. The van der Waals surface area contributed by atoms with Crippen molar-refractivity contribution in [3.05, 3.63) is 35.9 Å². The minimum Gasteiger partial charge on any atom is -0.467 e. The molecule has 0 fully saturated rings. The van der Waals surface area contributed by atoms with E-state index in [1.165, 1.54) is 12.0 Å². The molecule has 1 aromatic rings. The summed E-state index contributed by atoms with van der Waals surface area (Å²) in [6.45, 7) is 5.85. The van der Waals surface area contributed by atoms with Crippen LogP contribution in [0.15, 0.2) is 30.3 Å². The number of ether oxygens (including phenoxy) is 4. The highest BCUT2D eigenvalue weighted by Gasteiger charge is 2.29. The molecule has 168 valence electrons. The van der Waals surface area contributed by atoms with Crippen LogP contribution in [0.4, 0.5) is 9.59 Å². The van der Waals surface area contributed by atoms with E-state index < -0.39 is 29.8 Å². The van der Waals surface area contributed by atoms with Gasteiger partial charge < -0.3 is 29.2 Å². The van der Waals surface area contributed by atoms with Crippen LogP contribution in [-0.2, 0) is 30.3 Å². The van der Waals surface area contributed by atoms with Crippen LogP contribution in [-0.4, -0.2) is 68.6 Å². The van der Waals surface area contributed by atoms with Crippen molar-refractivity contribution in [2.75, 3.05) is 33.9 Å². The molecule has 1 aromatic carbocycles. The molecule has 0 aliphatic carbocycles. The zero-order valence-corrected chi connectivity index (χ0v) is 18.3. The lowest BCUT2D eigenvalue weighted by Crippen LogP contribution is -2.51. The Balaban J connectivity index is 2.79. The van der Waals surface area contributed by atoms with E-state index in [0.29, 0.717) is 13.0 Å². The van der Waals surface area contributed by atoms with E-state index in [2.05, 4.69) is 5.32 Å². The highest BCUT2D eigenvalue weighted by Crippen LogP contribution is 2.11. The largest absolute Gasteiger partial charge is 0.467 e. The normalized spacial score (nSPS) is 11.9. The van der Waals surface area contributed by atoms with Gasteiger partial charge in [-0.25, -0.2) is 14.4 Å². The van der Waals surface area contributed by atoms with Crippen molar-refractivity contribution in [1.82, 2.24) is 10.2 Å². The summed E-state index contributed by atoms with van der Waals surface area (Å²) in [5, 5.41) is 2.46. The fourth-order valence-corrected chi connectivity index (χ4v) is 2.43. The summed E-state index contributed by atoms with van der Waals surface area (Å²) in [6.07, 6.45) is -0.871. The SMILES string of the molecule is COCCCN(C[C@H](NC(=O)OCc1ccccc1)C(=O)OC)C(=O)OC(C)(C)C. The Morgan fingerprint density at radius 1 is 1.10 bits per heavy atom. The second-order valence-corrected chi connectivity index (χ2v) is 7.55. The van der Waals surface area contributed by atoms with Crippen LogP contribution in [0.3, 0.4) is 0 Å². The van der Waals surface area contributed by atoms with Gasteiger partial charge in [-0.1, -0.05) is 30.3 Å². The van der Waals surface area contributed by atoms with Crippen LogP contribution in [0.2, 0.25) is 0 Å². The molecule has 0 spiro atoms. The summed E-state index contributed by atoms with van der Waals surface area (Å²) in [7, 11) is 2.76. The number of esters is 1. The van der Waals surface area contributed by atoms with E-state index in [1.807, 2.05) is 30.3 Å². The maximum atomic E-state index is 12.6. The quantitative estimate of drug-likeness (QED) is 0.350. The Hall–Kier alpha value is -2.81. The second kappa shape index (κ2) is 12.7. The average Bonchev–Trinajstić information content (AvgIpc) is 2.69. The van der Waals surface area contributed by atoms with Gasteiger partial charge in [0.15, 0.2) is 0 Å². The second-order valence-electron chi connectivity index (χ2n) is 7.55. The molecule has 9 heteroatoms. The number of nitrogens with zero attached hydrogens (tertiary/aromatic N) is 1. The number of rotatable bonds is 10. The Labute approximate surface area is 177 Å². The molecule has 0 aliphatic rings. The van der Waals surface area contributed by atoms with E-state index in [-0.39, 0.29) is 19.7 Å². The molecule has 0 heterocycles. The molecule has 0 bridgehead atoms. The van der Waals surface area contributed by atoms with E-state index in [0.717, 1.165) is 5.56 Å². The number of carbonyl (C=O) groups is 3. The smallest absolute Gasteiger partial charge is 0.410 e. The zero-order chi connectivity index (χ0) is 22.6. The Kier molecular flexibility index (Phi) is 10.7. The summed E-state index contributed by atoms with van der Waals surface area (Å²) < 4.78 is 20.4. The van der Waals surface area contributed by atoms with Gasteiger partial charge in [-0.15, -0.1) is 0 Å². The average molecular weight is 424 g/mol. The Morgan fingerprint density at radius 2 is 1.77 bits per heavy atom. The van der Waals surface area contributed by atoms with Crippen LogP contribution < -0.4 is 5.32 Å². The van der Waals surface area contributed by atoms with Crippen molar-refractivity contribution in [2.45, 2.75) is 45.4 Å². The van der Waals surface area contributed by atoms with Crippen LogP contribution in [0.25, 0.3) is 0 Å². The third-order valence-electron chi connectivity index (χ3n) is 3.82. The van der Waals surface area contributed by atoms with Crippen molar-refractivity contribution >= 4 is 18.2 Å². The first-order chi connectivity index (χ1) is 14.2. The highest BCUT2D eigenvalue weighted by molar-refractivity contribution is 5.82. The van der Waals surface area contributed by atoms with E-state index in [1.54, 1.807) is 27.9 Å². The maximum absolute atomic E-state index is 12.6. The molecule has 1 rings (SSSR count). The first-order valence-electron chi connectivity index (χ1n) is 9.68. The van der Waals surface area contributed by atoms with Crippen LogP contribution in [0, 0.1) is 0 Å². The molecule has 1 N–H and O–H groups in total. The lowest BCUT2D eigenvalue weighted by atomic mass is 10.2. The minimum atomic E-state index is -1.12. The number of hydrogen-bond acceptors (Lipinski definition) is 7. The molecule has 0 saturated carbocycles. The van der Waals surface area contributed by atoms with Gasteiger partial charge in [-0.2, -0.15) is 0 Å². The number of methoxy groups -OCH3 is 2. The van der Waals surface area contributed by atoms with Gasteiger partial charge in [-0.3, -0.25) is 0 Å². The predicted octanol–water partition coefficient (Wildman–Crippen LogP) is 2.73. The first kappa shape index (κ1) is 25.2. The number of nitrogens with one attached hydrogen (secondary N) is 1. The fourth-order valence-electron chi connectivity index (χ4n) is 2.43. The summed E-state index contributed by atoms with van der Waals surface area (Å²) in [4.78, 5) is 38.3. The van der Waals surface area contributed by atoms with Crippen molar-refractivity contribution < 1.29 is 33.3 Å². The maximum Gasteiger partial charge on any atom is 0.410 e. The van der Waals surface area contributed by atoms with E-state index in [9.17, 15) is 14.4 Å². The standard InChI is InChI=1S/C21H32N2O7/c1-21(2,3)30-20(26)23(12-9-13-27-4)14-17(18(24)28-5)22-19(25)29-15-16-10-7-6-8-11-16/h6-8,10-11,17H,9,12-15H2,1-5H3,(H,22,25)/t17-/m0/s1. The fraction of sp³-hybridized carbons (Fsp3) is 0.571. The zero-order valence-electron chi connectivity index (χ0n) is 18.3. The predicted molar refractivity (Wildman–Crippen MR) is 110 cm³/mol. The van der Waals surface area contributed by atoms with Crippen molar-refractivity contribution in [2.24, 2.45) is 0 Å². The summed E-state index contributed by atoms with van der Waals surface area (Å²) in [6, 6.07) is 8.01. The third kappa shape index (κ3) is 10.1. The molecule has 9 nitrogen and oxygen atoms in total. The van der Waals surface area contributed by atoms with Crippen LogP contribution in [0.1, 0.15) is 32.8 Å². The van der Waals surface area contributed by atoms with Gasteiger partial charge in [0.25, 0.3) is 0 Å². The molecular weight excluding hydrogens is 392 g/mol. The van der Waals surface area contributed by atoms with E-state index >= 15 is 0 Å². The molecule has 0 saturated heterocycles. The highest BCUT2D eigenvalue weighted by atomic mass is 16.6. The topological polar surface area (TPSA) is 103 Å². The Morgan fingerprint density at radius 3 is 2.33 bits per heavy atom. The van der Waals surface area contributed by atoms with Gasteiger partial charge >= 0.3 is 18.2 Å². The van der Waals surface area contributed by atoms with Crippen molar-refractivity contribution in [1.29, 1.82) is 0 Å². The minimum absolute atomic E-state index is 0.0458. The summed E-state index contributed by atoms with van der Waals surface area (Å²) >= 11 is 0. The van der Waals surface area contributed by atoms with Gasteiger partial charge in [0.05, 0.1) is 13.7 Å². The number of benzene rings is 1. The molecular formula is C21H32N2O7. The lowest BCUT2D eigenvalue weighted by Gasteiger charge is -2.29. The molecule has 0 aromatic heterocycles. The van der Waals surface area contributed by atoms with Gasteiger partial charge in [0.2, 0.25) is 0 Å². The molecule has 0 aliphatic heterocycles. The van der Waals surface area contributed by atoms with E-state index in [4.69, 9.17) is 18.9 Å². The van der Waals surface area contributed by atoms with Gasteiger partial charge in [0.1, 0.15) is 18.2 Å². The molecule has 2 amide bonds. The third-order valence-corrected chi connectivity index (χ3v) is 3.82. The van der Waals surface area contributed by atoms with Gasteiger partial charge in [0, 0.05) is 20.3 Å². The van der Waals surface area contributed by atoms with Crippen molar-refractivity contribution in [3.8, 4) is 0 Å². The summed E-state index contributed by atoms with van der Waals surface area (Å²) in [5.74, 6) is -0.702. The van der Waals surface area contributed by atoms with Crippen LogP contribution in [0.5, 0.6) is 0 Å². The summed E-state index contributed by atoms with van der Waals surface area (Å²) in [5.41, 5.74) is 0.0940. The van der Waals surface area contributed by atoms with Crippen molar-refractivity contribution in [3.63, 3.8) is 0 Å². The number of alkyl carbamates (subject to hydrolysis) is 1. The molecule has 1 atom stereocenters. The van der Waals surface area contributed by atoms with Crippen LogP contribution >= 0.6 is 0 Å². The number of carbonyl (C=O) groups excluding carboxylic acids is 3. The Bertz CT molecular complexity index is 674. The number of amides is 2.